The van der Waals surface area contributed by atoms with E-state index in [2.05, 4.69) is 0 Å². The van der Waals surface area contributed by atoms with Gasteiger partial charge in [-0.2, -0.15) is 0 Å². The van der Waals surface area contributed by atoms with Gasteiger partial charge in [0.2, 0.25) is 0 Å². The van der Waals surface area contributed by atoms with E-state index >= 15 is 0 Å². The zero-order valence-electron chi connectivity index (χ0n) is 4.97. The summed E-state index contributed by atoms with van der Waals surface area (Å²) in [6.07, 6.45) is 0. The van der Waals surface area contributed by atoms with E-state index in [1.807, 2.05) is 0 Å². The summed E-state index contributed by atoms with van der Waals surface area (Å²) in [5.74, 6) is 0. The Hall–Kier alpha value is 0.818. The molecule has 0 bridgehead atoms. The van der Waals surface area contributed by atoms with E-state index < -0.39 is 27.2 Å². The van der Waals surface area contributed by atoms with Gasteiger partial charge in [0.25, 0.3) is 0 Å². The van der Waals surface area contributed by atoms with Crippen molar-refractivity contribution in [3.05, 3.63) is 0 Å². The summed E-state index contributed by atoms with van der Waals surface area (Å²) >= 11 is -3.79. The van der Waals surface area contributed by atoms with E-state index in [1.54, 1.807) is 0 Å². The standard InChI is InChI=1S/CH3N.2HO3P.Pt/c1-2;2*1-4(2)3;/h1H,2H2;2*(H-,1,2,3);/q;;;-2/p+2. The van der Waals surface area contributed by atoms with Gasteiger partial charge in [-0.1, -0.05) is 0 Å². The molecule has 0 aromatic heterocycles. The van der Waals surface area contributed by atoms with Crippen molar-refractivity contribution in [3.8, 4) is 0 Å². The van der Waals surface area contributed by atoms with Gasteiger partial charge in [0.15, 0.2) is 0 Å². The van der Waals surface area contributed by atoms with E-state index in [0.717, 1.165) is 0 Å². The van der Waals surface area contributed by atoms with Crippen LogP contribution in [-0.4, -0.2) is 24.1 Å². The Labute approximate surface area is 66.5 Å². The van der Waals surface area contributed by atoms with Crippen LogP contribution in [0.4, 0.5) is 0 Å². The second-order valence-corrected chi connectivity index (χ2v) is 20.1. The fourth-order valence-corrected chi connectivity index (χ4v) is 10.9. The summed E-state index contributed by atoms with van der Waals surface area (Å²) < 4.78 is 21.2. The van der Waals surface area contributed by atoms with Crippen LogP contribution in [0.25, 0.3) is 0 Å². The van der Waals surface area contributed by atoms with Crippen molar-refractivity contribution in [2.24, 2.45) is 5.73 Å². The van der Waals surface area contributed by atoms with Crippen molar-refractivity contribution in [2.75, 3.05) is 0 Å². The molecule has 6 N–H and O–H groups in total. The normalized spacial score (nSPS) is 14.5. The number of hydrogen-bond donors (Lipinski definition) is 5. The van der Waals surface area contributed by atoms with Gasteiger partial charge in [-0.3, -0.25) is 0 Å². The van der Waals surface area contributed by atoms with Crippen LogP contribution in [0.2, 0.25) is 0 Å². The molecular weight excluding hydrogens is 379 g/mol. The molecule has 0 atom stereocenters. The molecule has 0 aromatic carbocycles. The van der Waals surface area contributed by atoms with Gasteiger partial charge in [-0.05, 0) is 0 Å². The molecule has 10 heteroatoms. The summed E-state index contributed by atoms with van der Waals surface area (Å²) in [6, 6.07) is 0. The third-order valence-electron chi connectivity index (χ3n) is 0.472. The molecule has 0 aromatic rings. The van der Waals surface area contributed by atoms with Crippen molar-refractivity contribution in [1.29, 1.82) is 0 Å². The third kappa shape index (κ3) is 3.83. The van der Waals surface area contributed by atoms with Gasteiger partial charge >= 0.3 is 66.2 Å². The summed E-state index contributed by atoms with van der Waals surface area (Å²) in [5, 5.41) is 0. The quantitative estimate of drug-likeness (QED) is 0.364. The van der Waals surface area contributed by atoms with Crippen molar-refractivity contribution in [1.82, 2.24) is 0 Å². The molecule has 0 aliphatic rings. The topological polar surface area (TPSA) is 141 Å². The van der Waals surface area contributed by atoms with Crippen LogP contribution in [-0.2, 0) is 25.0 Å². The molecule has 0 saturated heterocycles. The number of nitrogens with two attached hydrogens (primary N) is 1. The van der Waals surface area contributed by atoms with Gasteiger partial charge in [0.1, 0.15) is 0 Å². The summed E-state index contributed by atoms with van der Waals surface area (Å²) in [5.41, 5.74) is -4.66. The second kappa shape index (κ2) is 3.69. The zero-order valence-corrected chi connectivity index (χ0v) is 9.03. The third-order valence-corrected chi connectivity index (χ3v) is 19.7. The van der Waals surface area contributed by atoms with Crippen molar-refractivity contribution < 1.29 is 44.5 Å². The first-order valence-electron chi connectivity index (χ1n) is 1.96. The first-order valence-corrected chi connectivity index (χ1v) is 12.3. The Morgan fingerprint density at radius 2 is 1.36 bits per heavy atom. The van der Waals surface area contributed by atoms with Crippen molar-refractivity contribution >= 4 is 15.9 Å². The number of rotatable bonds is 2. The van der Waals surface area contributed by atoms with Crippen molar-refractivity contribution in [2.45, 2.75) is 0 Å². The van der Waals surface area contributed by atoms with Crippen LogP contribution >= 0.6 is 11.4 Å². The molecule has 0 fully saturated rings. The van der Waals surface area contributed by atoms with E-state index in [1.165, 1.54) is 0 Å². The van der Waals surface area contributed by atoms with Crippen LogP contribution in [0, 0.1) is 0 Å². The second-order valence-electron chi connectivity index (χ2n) is 1.21. The van der Waals surface area contributed by atoms with Crippen LogP contribution in [0.15, 0.2) is 0 Å². The molecule has 0 aliphatic heterocycles. The minimum absolute atomic E-state index is 0.465. The van der Waals surface area contributed by atoms with E-state index in [4.69, 9.17) is 25.3 Å². The Kier molecular flexibility index (Phi) is 3.96. The summed E-state index contributed by atoms with van der Waals surface area (Å²) in [4.78, 5) is 33.6. The predicted molar refractivity (Wildman–Crippen MR) is 34.3 cm³/mol. The van der Waals surface area contributed by atoms with E-state index in [0.29, 0.717) is 4.52 Å². The Balaban J connectivity index is 5.07. The molecule has 0 amide bonds. The molecule has 0 saturated carbocycles. The molecule has 0 aliphatic carbocycles. The SMILES string of the molecule is N[CH]=[Pt]([P](=O)(O)O)[P](=O)(O)O. The molecule has 11 heavy (non-hydrogen) atoms. The average Bonchev–Trinajstić information content (AvgIpc) is 1.56. The zero-order chi connectivity index (χ0) is 9.28. The van der Waals surface area contributed by atoms with E-state index in [-0.39, 0.29) is 0 Å². The molecule has 0 heterocycles. The average molecular weight is 386 g/mol. The maximum atomic E-state index is 10.4. The molecule has 0 unspecified atom stereocenters. The Morgan fingerprint density at radius 3 is 1.36 bits per heavy atom. The number of hydrogen-bond acceptors (Lipinski definition) is 3. The summed E-state index contributed by atoms with van der Waals surface area (Å²) in [7, 11) is 0. The molecular formula is CH7NO6P2Pt. The van der Waals surface area contributed by atoms with Gasteiger partial charge in [0, 0.05) is 0 Å². The summed E-state index contributed by atoms with van der Waals surface area (Å²) in [6.45, 7) is 0. The predicted octanol–water partition coefficient (Wildman–Crippen LogP) is -1.49. The monoisotopic (exact) mass is 386 g/mol. The Morgan fingerprint density at radius 1 is 1.09 bits per heavy atom. The molecule has 7 nitrogen and oxygen atoms in total. The molecule has 72 valence electrons. The Bertz CT molecular complexity index is 236. The fraction of sp³-hybridized carbons (Fsp3) is 0. The van der Waals surface area contributed by atoms with E-state index in [9.17, 15) is 9.13 Å². The van der Waals surface area contributed by atoms with Crippen LogP contribution in [0.5, 0.6) is 0 Å². The first-order chi connectivity index (χ1) is 4.69. The molecule has 0 radical (unpaired) electrons. The molecule has 0 rings (SSSR count). The van der Waals surface area contributed by atoms with Crippen molar-refractivity contribution in [3.63, 3.8) is 0 Å². The van der Waals surface area contributed by atoms with Crippen LogP contribution in [0.3, 0.4) is 0 Å². The first kappa shape index (κ1) is 11.8. The van der Waals surface area contributed by atoms with Crippen LogP contribution in [0.1, 0.15) is 0 Å². The van der Waals surface area contributed by atoms with Crippen LogP contribution < -0.4 is 5.73 Å². The fourth-order valence-electron chi connectivity index (χ4n) is 0.230. The van der Waals surface area contributed by atoms with Gasteiger partial charge in [-0.15, -0.1) is 0 Å². The van der Waals surface area contributed by atoms with Gasteiger partial charge in [0.05, 0.1) is 0 Å². The maximum absolute atomic E-state index is 10.4. The van der Waals surface area contributed by atoms with Gasteiger partial charge in [-0.25, -0.2) is 0 Å². The molecule has 0 spiro atoms. The van der Waals surface area contributed by atoms with Gasteiger partial charge < -0.3 is 0 Å². The minimum atomic E-state index is -4.68.